The fraction of sp³-hybridized carbons (Fsp3) is 0.500. The highest BCUT2D eigenvalue weighted by molar-refractivity contribution is 5.41. The first kappa shape index (κ1) is 14.4. The summed E-state index contributed by atoms with van der Waals surface area (Å²) in [6.07, 6.45) is 7.84. The molecule has 5 heteroatoms. The lowest BCUT2D eigenvalue weighted by atomic mass is 9.90. The predicted octanol–water partition coefficient (Wildman–Crippen LogP) is 2.91. The molecule has 120 valence electrons. The highest BCUT2D eigenvalue weighted by Crippen LogP contribution is 2.26. The molecule has 2 fully saturated rings. The lowest BCUT2D eigenvalue weighted by molar-refractivity contribution is 0.402. The zero-order chi connectivity index (χ0) is 15.5. The van der Waals surface area contributed by atoms with Crippen LogP contribution < -0.4 is 10.2 Å². The van der Waals surface area contributed by atoms with Crippen LogP contribution in [0.15, 0.2) is 36.5 Å². The molecule has 2 aliphatic rings. The van der Waals surface area contributed by atoms with E-state index in [-0.39, 0.29) is 0 Å². The highest BCUT2D eigenvalue weighted by atomic mass is 15.3. The van der Waals surface area contributed by atoms with Gasteiger partial charge in [-0.15, -0.1) is 5.10 Å². The van der Waals surface area contributed by atoms with E-state index in [4.69, 9.17) is 0 Å². The number of piperidine rings is 1. The lowest BCUT2D eigenvalue weighted by Crippen LogP contribution is -2.35. The average Bonchev–Trinajstić information content (AvgIpc) is 3.41. The van der Waals surface area contributed by atoms with Crippen molar-refractivity contribution in [1.82, 2.24) is 15.2 Å². The second-order valence-corrected chi connectivity index (χ2v) is 6.68. The molecule has 2 aromatic rings. The second-order valence-electron chi connectivity index (χ2n) is 6.68. The Bertz CT molecular complexity index is 633. The van der Waals surface area contributed by atoms with E-state index >= 15 is 0 Å². The minimum Gasteiger partial charge on any atom is -0.355 e. The molecule has 1 aromatic heterocycles. The molecule has 1 N–H and O–H groups in total. The van der Waals surface area contributed by atoms with Crippen LogP contribution in [0.5, 0.6) is 0 Å². The zero-order valence-corrected chi connectivity index (χ0v) is 13.4. The molecule has 5 nitrogen and oxygen atoms in total. The summed E-state index contributed by atoms with van der Waals surface area (Å²) in [6, 6.07) is 11.4. The van der Waals surface area contributed by atoms with Gasteiger partial charge in [-0.25, -0.2) is 0 Å². The number of nitrogens with zero attached hydrogens (tertiary/aromatic N) is 4. The van der Waals surface area contributed by atoms with Crippen LogP contribution in [0.1, 0.15) is 31.2 Å². The van der Waals surface area contributed by atoms with E-state index in [9.17, 15) is 0 Å². The molecule has 1 saturated carbocycles. The van der Waals surface area contributed by atoms with Crippen molar-refractivity contribution < 1.29 is 0 Å². The van der Waals surface area contributed by atoms with Crippen LogP contribution >= 0.6 is 0 Å². The van der Waals surface area contributed by atoms with Gasteiger partial charge >= 0.3 is 0 Å². The summed E-state index contributed by atoms with van der Waals surface area (Å²) in [6.45, 7) is 2.11. The SMILES string of the molecule is c1ccc(CC2CCN(c3cnnc(NC4CC4)n3)CC2)cc1. The molecular formula is C18H23N5. The van der Waals surface area contributed by atoms with Crippen molar-refractivity contribution in [3.05, 3.63) is 42.1 Å². The molecule has 4 rings (SSSR count). The maximum atomic E-state index is 4.63. The number of nitrogens with one attached hydrogen (secondary N) is 1. The van der Waals surface area contributed by atoms with Crippen LogP contribution in [-0.2, 0) is 6.42 Å². The van der Waals surface area contributed by atoms with Crippen LogP contribution in [0.3, 0.4) is 0 Å². The van der Waals surface area contributed by atoms with Crippen LogP contribution in [0.2, 0.25) is 0 Å². The van der Waals surface area contributed by atoms with Gasteiger partial charge in [0.05, 0.1) is 6.20 Å². The van der Waals surface area contributed by atoms with Crippen molar-refractivity contribution in [1.29, 1.82) is 0 Å². The summed E-state index contributed by atoms with van der Waals surface area (Å²) in [4.78, 5) is 6.97. The molecule has 1 aliphatic heterocycles. The second kappa shape index (κ2) is 6.52. The van der Waals surface area contributed by atoms with E-state index in [2.05, 4.69) is 55.7 Å². The van der Waals surface area contributed by atoms with E-state index in [1.54, 1.807) is 6.20 Å². The fourth-order valence-electron chi connectivity index (χ4n) is 3.23. The first-order valence-electron chi connectivity index (χ1n) is 8.62. The Kier molecular flexibility index (Phi) is 4.09. The van der Waals surface area contributed by atoms with Gasteiger partial charge in [0.2, 0.25) is 5.95 Å². The Morgan fingerprint density at radius 1 is 1.04 bits per heavy atom. The summed E-state index contributed by atoms with van der Waals surface area (Å²) >= 11 is 0. The van der Waals surface area contributed by atoms with Crippen LogP contribution in [0.4, 0.5) is 11.8 Å². The first-order valence-corrected chi connectivity index (χ1v) is 8.62. The van der Waals surface area contributed by atoms with Gasteiger partial charge in [-0.1, -0.05) is 30.3 Å². The van der Waals surface area contributed by atoms with Gasteiger partial charge in [0.15, 0.2) is 5.82 Å². The number of benzene rings is 1. The molecular weight excluding hydrogens is 286 g/mol. The Morgan fingerprint density at radius 2 is 1.83 bits per heavy atom. The monoisotopic (exact) mass is 309 g/mol. The van der Waals surface area contributed by atoms with Gasteiger partial charge in [0.25, 0.3) is 0 Å². The van der Waals surface area contributed by atoms with Crippen molar-refractivity contribution in [2.24, 2.45) is 5.92 Å². The van der Waals surface area contributed by atoms with Crippen LogP contribution in [-0.4, -0.2) is 34.3 Å². The first-order chi connectivity index (χ1) is 11.4. The number of aromatic nitrogens is 3. The number of anilines is 2. The normalized spacial score (nSPS) is 18.9. The third kappa shape index (κ3) is 3.78. The number of rotatable bonds is 5. The van der Waals surface area contributed by atoms with Crippen molar-refractivity contribution in [2.75, 3.05) is 23.3 Å². The minimum atomic E-state index is 0.559. The minimum absolute atomic E-state index is 0.559. The van der Waals surface area contributed by atoms with Gasteiger partial charge < -0.3 is 10.2 Å². The summed E-state index contributed by atoms with van der Waals surface area (Å²) in [5.74, 6) is 2.41. The Balaban J connectivity index is 1.34. The van der Waals surface area contributed by atoms with Crippen molar-refractivity contribution in [3.63, 3.8) is 0 Å². The molecule has 0 radical (unpaired) electrons. The van der Waals surface area contributed by atoms with Gasteiger partial charge in [0, 0.05) is 19.1 Å². The molecule has 0 unspecified atom stereocenters. The number of hydrogen-bond donors (Lipinski definition) is 1. The maximum Gasteiger partial charge on any atom is 0.244 e. The molecule has 2 heterocycles. The number of hydrogen-bond acceptors (Lipinski definition) is 5. The van der Waals surface area contributed by atoms with Gasteiger partial charge in [-0.2, -0.15) is 10.1 Å². The quantitative estimate of drug-likeness (QED) is 0.920. The zero-order valence-electron chi connectivity index (χ0n) is 13.4. The van der Waals surface area contributed by atoms with E-state index in [0.29, 0.717) is 12.0 Å². The average molecular weight is 309 g/mol. The molecule has 0 spiro atoms. The van der Waals surface area contributed by atoms with Crippen LogP contribution in [0, 0.1) is 5.92 Å². The third-order valence-electron chi connectivity index (χ3n) is 4.76. The molecule has 0 amide bonds. The van der Waals surface area contributed by atoms with Crippen molar-refractivity contribution in [3.8, 4) is 0 Å². The summed E-state index contributed by atoms with van der Waals surface area (Å²) in [7, 11) is 0. The smallest absolute Gasteiger partial charge is 0.244 e. The summed E-state index contributed by atoms with van der Waals surface area (Å²) < 4.78 is 0. The van der Waals surface area contributed by atoms with E-state index in [1.807, 2.05) is 0 Å². The van der Waals surface area contributed by atoms with E-state index < -0.39 is 0 Å². The predicted molar refractivity (Wildman–Crippen MR) is 91.6 cm³/mol. The standard InChI is InChI=1S/C18H23N5/c1-2-4-14(5-3-1)12-15-8-10-23(11-9-15)17-13-19-22-18(21-17)20-16-6-7-16/h1-5,13,15-16H,6-12H2,(H,20,21,22). The third-order valence-corrected chi connectivity index (χ3v) is 4.76. The molecule has 1 saturated heterocycles. The molecule has 23 heavy (non-hydrogen) atoms. The van der Waals surface area contributed by atoms with Crippen molar-refractivity contribution in [2.45, 2.75) is 38.1 Å². The van der Waals surface area contributed by atoms with Crippen LogP contribution in [0.25, 0.3) is 0 Å². The Hall–Kier alpha value is -2.17. The maximum absolute atomic E-state index is 4.63. The van der Waals surface area contributed by atoms with E-state index in [1.165, 1.54) is 37.7 Å². The largest absolute Gasteiger partial charge is 0.355 e. The Morgan fingerprint density at radius 3 is 2.57 bits per heavy atom. The van der Waals surface area contributed by atoms with E-state index in [0.717, 1.165) is 24.8 Å². The van der Waals surface area contributed by atoms with Crippen molar-refractivity contribution >= 4 is 11.8 Å². The highest BCUT2D eigenvalue weighted by Gasteiger charge is 2.24. The van der Waals surface area contributed by atoms with Gasteiger partial charge in [-0.05, 0) is 43.6 Å². The summed E-state index contributed by atoms with van der Waals surface area (Å²) in [5, 5.41) is 11.5. The molecule has 1 aromatic carbocycles. The topological polar surface area (TPSA) is 53.9 Å². The van der Waals surface area contributed by atoms with Gasteiger partial charge in [0.1, 0.15) is 0 Å². The Labute approximate surface area is 137 Å². The molecule has 0 atom stereocenters. The lowest BCUT2D eigenvalue weighted by Gasteiger charge is -2.32. The molecule has 1 aliphatic carbocycles. The molecule has 0 bridgehead atoms. The fourth-order valence-corrected chi connectivity index (χ4v) is 3.23. The van der Waals surface area contributed by atoms with Gasteiger partial charge in [-0.3, -0.25) is 0 Å². The summed E-state index contributed by atoms with van der Waals surface area (Å²) in [5.41, 5.74) is 1.45.